The molecule has 0 spiro atoms. The summed E-state index contributed by atoms with van der Waals surface area (Å²) in [6, 6.07) is 12.6. The summed E-state index contributed by atoms with van der Waals surface area (Å²) >= 11 is 0. The third-order valence-corrected chi connectivity index (χ3v) is 5.15. The second kappa shape index (κ2) is 9.47. The fraction of sp³-hybridized carbons (Fsp3) is 0.292. The second-order valence-electron chi connectivity index (χ2n) is 7.19. The first-order valence-corrected chi connectivity index (χ1v) is 9.90. The molecule has 3 aromatic rings. The SMILES string of the molecule is COc1ccc(OC)c([C@@H](C)NC(=O)COC(=O)c2c(C)nc3ccccc3c2C)c1. The van der Waals surface area contributed by atoms with Gasteiger partial charge in [0.15, 0.2) is 6.61 Å². The number of amides is 1. The summed E-state index contributed by atoms with van der Waals surface area (Å²) in [5, 5.41) is 3.70. The molecule has 0 unspecified atom stereocenters. The summed E-state index contributed by atoms with van der Waals surface area (Å²) in [6.45, 7) is 5.03. The number of rotatable bonds is 7. The number of ether oxygens (including phenoxy) is 3. The molecule has 0 saturated carbocycles. The van der Waals surface area contributed by atoms with E-state index in [4.69, 9.17) is 14.2 Å². The Morgan fingerprint density at radius 1 is 1.06 bits per heavy atom. The standard InChI is InChI=1S/C24H26N2O5/c1-14-18-8-6-7-9-20(18)25-16(3)23(14)24(28)31-13-22(27)26-15(2)19-12-17(29-4)10-11-21(19)30-5/h6-12,15H,13H2,1-5H3,(H,26,27)/t15-/m1/s1. The molecule has 1 aromatic heterocycles. The Morgan fingerprint density at radius 3 is 2.52 bits per heavy atom. The van der Waals surface area contributed by atoms with Crippen molar-refractivity contribution in [1.29, 1.82) is 0 Å². The lowest BCUT2D eigenvalue weighted by Crippen LogP contribution is -2.31. The van der Waals surface area contributed by atoms with Gasteiger partial charge in [-0.25, -0.2) is 4.79 Å². The van der Waals surface area contributed by atoms with Crippen molar-refractivity contribution in [3.63, 3.8) is 0 Å². The minimum atomic E-state index is -0.574. The molecule has 0 aliphatic carbocycles. The van der Waals surface area contributed by atoms with Crippen LogP contribution >= 0.6 is 0 Å². The smallest absolute Gasteiger partial charge is 0.340 e. The van der Waals surface area contributed by atoms with Crippen LogP contribution in [-0.4, -0.2) is 37.7 Å². The largest absolute Gasteiger partial charge is 0.497 e. The van der Waals surface area contributed by atoms with Crippen molar-refractivity contribution in [2.75, 3.05) is 20.8 Å². The van der Waals surface area contributed by atoms with E-state index in [9.17, 15) is 9.59 Å². The zero-order valence-corrected chi connectivity index (χ0v) is 18.3. The third-order valence-electron chi connectivity index (χ3n) is 5.15. The number of nitrogens with zero attached hydrogens (tertiary/aromatic N) is 1. The van der Waals surface area contributed by atoms with Crippen molar-refractivity contribution in [2.24, 2.45) is 0 Å². The predicted molar refractivity (Wildman–Crippen MR) is 118 cm³/mol. The van der Waals surface area contributed by atoms with Crippen molar-refractivity contribution in [1.82, 2.24) is 10.3 Å². The minimum Gasteiger partial charge on any atom is -0.497 e. The summed E-state index contributed by atoms with van der Waals surface area (Å²) in [6.07, 6.45) is 0. The normalized spacial score (nSPS) is 11.6. The van der Waals surface area contributed by atoms with Gasteiger partial charge in [0.25, 0.3) is 5.91 Å². The van der Waals surface area contributed by atoms with Gasteiger partial charge < -0.3 is 19.5 Å². The average molecular weight is 422 g/mol. The summed E-state index contributed by atoms with van der Waals surface area (Å²) in [5.41, 5.74) is 3.30. The van der Waals surface area contributed by atoms with Crippen molar-refractivity contribution >= 4 is 22.8 Å². The number of hydrogen-bond donors (Lipinski definition) is 1. The Balaban J connectivity index is 1.69. The van der Waals surface area contributed by atoms with E-state index in [-0.39, 0.29) is 6.04 Å². The van der Waals surface area contributed by atoms with E-state index < -0.39 is 18.5 Å². The molecule has 0 fully saturated rings. The van der Waals surface area contributed by atoms with Crippen molar-refractivity contribution in [3.05, 3.63) is 64.8 Å². The van der Waals surface area contributed by atoms with Gasteiger partial charge in [-0.2, -0.15) is 0 Å². The van der Waals surface area contributed by atoms with Gasteiger partial charge in [0, 0.05) is 10.9 Å². The number of carbonyl (C=O) groups is 2. The lowest BCUT2D eigenvalue weighted by Gasteiger charge is -2.18. The van der Waals surface area contributed by atoms with E-state index >= 15 is 0 Å². The molecule has 0 radical (unpaired) electrons. The number of nitrogens with one attached hydrogen (secondary N) is 1. The summed E-state index contributed by atoms with van der Waals surface area (Å²) in [5.74, 6) is 0.280. The van der Waals surface area contributed by atoms with Crippen molar-refractivity contribution in [3.8, 4) is 11.5 Å². The number of aryl methyl sites for hydroxylation is 2. The van der Waals surface area contributed by atoms with E-state index in [2.05, 4.69) is 10.3 Å². The summed E-state index contributed by atoms with van der Waals surface area (Å²) in [4.78, 5) is 29.6. The van der Waals surface area contributed by atoms with E-state index in [1.807, 2.05) is 38.1 Å². The monoisotopic (exact) mass is 422 g/mol. The van der Waals surface area contributed by atoms with E-state index in [1.165, 1.54) is 0 Å². The maximum atomic E-state index is 12.7. The molecule has 0 bridgehead atoms. The van der Waals surface area contributed by atoms with Gasteiger partial charge in [-0.05, 0) is 50.6 Å². The highest BCUT2D eigenvalue weighted by Gasteiger charge is 2.20. The molecule has 2 aromatic carbocycles. The number of hydrogen-bond acceptors (Lipinski definition) is 6. The fourth-order valence-corrected chi connectivity index (χ4v) is 3.57. The van der Waals surface area contributed by atoms with Gasteiger partial charge >= 0.3 is 5.97 Å². The van der Waals surface area contributed by atoms with Gasteiger partial charge in [-0.3, -0.25) is 9.78 Å². The maximum Gasteiger partial charge on any atom is 0.340 e. The molecule has 7 heteroatoms. The maximum absolute atomic E-state index is 12.7. The molecule has 1 amide bonds. The minimum absolute atomic E-state index is 0.373. The predicted octanol–water partition coefficient (Wildman–Crippen LogP) is 3.90. The molecule has 3 rings (SSSR count). The Morgan fingerprint density at radius 2 is 1.81 bits per heavy atom. The third kappa shape index (κ3) is 4.77. The number of para-hydroxylation sites is 1. The number of aromatic nitrogens is 1. The van der Waals surface area contributed by atoms with Crippen LogP contribution < -0.4 is 14.8 Å². The van der Waals surface area contributed by atoms with Crippen LogP contribution in [-0.2, 0) is 9.53 Å². The lowest BCUT2D eigenvalue weighted by molar-refractivity contribution is -0.124. The lowest BCUT2D eigenvalue weighted by atomic mass is 10.0. The fourth-order valence-electron chi connectivity index (χ4n) is 3.57. The van der Waals surface area contributed by atoms with Gasteiger partial charge in [-0.1, -0.05) is 18.2 Å². The summed E-state index contributed by atoms with van der Waals surface area (Å²) in [7, 11) is 3.13. The number of carbonyl (C=O) groups excluding carboxylic acids is 2. The van der Waals surface area contributed by atoms with Crippen LogP contribution in [0.4, 0.5) is 0 Å². The molecule has 31 heavy (non-hydrogen) atoms. The average Bonchev–Trinajstić information content (AvgIpc) is 2.77. The number of methoxy groups -OCH3 is 2. The number of fused-ring (bicyclic) bond motifs is 1. The quantitative estimate of drug-likeness (QED) is 0.581. The zero-order chi connectivity index (χ0) is 22.5. The topological polar surface area (TPSA) is 86.8 Å². The van der Waals surface area contributed by atoms with Crippen molar-refractivity contribution < 1.29 is 23.8 Å². The van der Waals surface area contributed by atoms with Gasteiger partial charge in [0.1, 0.15) is 11.5 Å². The van der Waals surface area contributed by atoms with Crippen LogP contribution in [0.3, 0.4) is 0 Å². The molecule has 1 atom stereocenters. The van der Waals surface area contributed by atoms with Crippen LogP contribution in [0.2, 0.25) is 0 Å². The molecule has 7 nitrogen and oxygen atoms in total. The van der Waals surface area contributed by atoms with E-state index in [0.717, 1.165) is 22.0 Å². The van der Waals surface area contributed by atoms with Crippen LogP contribution in [0.25, 0.3) is 10.9 Å². The molecular formula is C24H26N2O5. The highest BCUT2D eigenvalue weighted by Crippen LogP contribution is 2.29. The molecule has 162 valence electrons. The molecule has 1 N–H and O–H groups in total. The van der Waals surface area contributed by atoms with Gasteiger partial charge in [0.2, 0.25) is 0 Å². The second-order valence-corrected chi connectivity index (χ2v) is 7.19. The number of pyridine rings is 1. The Bertz CT molecular complexity index is 1130. The molecular weight excluding hydrogens is 396 g/mol. The van der Waals surface area contributed by atoms with Crippen LogP contribution in [0.1, 0.15) is 40.1 Å². The molecule has 0 aliphatic rings. The highest BCUT2D eigenvalue weighted by atomic mass is 16.5. The summed E-state index contributed by atoms with van der Waals surface area (Å²) < 4.78 is 15.9. The first-order chi connectivity index (χ1) is 14.8. The van der Waals surface area contributed by atoms with Gasteiger partial charge in [-0.15, -0.1) is 0 Å². The Kier molecular flexibility index (Phi) is 6.74. The Hall–Kier alpha value is -3.61. The number of benzene rings is 2. The Labute approximate surface area is 181 Å². The van der Waals surface area contributed by atoms with E-state index in [1.54, 1.807) is 39.3 Å². The van der Waals surface area contributed by atoms with Crippen molar-refractivity contribution in [2.45, 2.75) is 26.8 Å². The van der Waals surface area contributed by atoms with Crippen LogP contribution in [0.15, 0.2) is 42.5 Å². The molecule has 1 heterocycles. The van der Waals surface area contributed by atoms with Crippen LogP contribution in [0.5, 0.6) is 11.5 Å². The first kappa shape index (κ1) is 22.1. The van der Waals surface area contributed by atoms with Crippen LogP contribution in [0, 0.1) is 13.8 Å². The van der Waals surface area contributed by atoms with E-state index in [0.29, 0.717) is 22.8 Å². The van der Waals surface area contributed by atoms with Gasteiger partial charge in [0.05, 0.1) is 37.0 Å². The zero-order valence-electron chi connectivity index (χ0n) is 18.3. The highest BCUT2D eigenvalue weighted by molar-refractivity contribution is 5.99. The first-order valence-electron chi connectivity index (χ1n) is 9.90. The molecule has 0 saturated heterocycles. The molecule has 0 aliphatic heterocycles. The number of esters is 1.